The third-order valence-corrected chi connectivity index (χ3v) is 6.62. The normalized spacial score (nSPS) is 15.7. The largest absolute Gasteiger partial charge is 0.381 e. The van der Waals surface area contributed by atoms with Crippen LogP contribution in [0.1, 0.15) is 29.7 Å². The Balaban J connectivity index is 1.41. The maximum Gasteiger partial charge on any atom is 0.230 e. The molecular formula is C24H25FN2O2S. The predicted octanol–water partition coefficient (Wildman–Crippen LogP) is 4.66. The maximum atomic E-state index is 13.8. The number of carbonyl (C=O) groups excluding carboxylic acids is 1. The van der Waals surface area contributed by atoms with Crippen molar-refractivity contribution in [2.45, 2.75) is 31.6 Å². The summed E-state index contributed by atoms with van der Waals surface area (Å²) in [7, 11) is 0. The molecule has 0 atom stereocenters. The molecule has 0 unspecified atom stereocenters. The van der Waals surface area contributed by atoms with Gasteiger partial charge in [0.05, 0.1) is 11.1 Å². The summed E-state index contributed by atoms with van der Waals surface area (Å²) in [6.07, 6.45) is 1.76. The molecule has 0 aliphatic carbocycles. The standard InChI is InChI=1S/C24H25FN2O2S/c1-17-5-7-18(8-6-17)22-27-21(16-30-22)9-12-26-23(28)24(10-13-29-14-11-24)19-3-2-4-20(25)15-19/h2-8,15-16H,9-14H2,1H3,(H,26,28). The lowest BCUT2D eigenvalue weighted by atomic mass is 9.73. The van der Waals surface area contributed by atoms with Gasteiger partial charge in [-0.2, -0.15) is 0 Å². The van der Waals surface area contributed by atoms with Crippen molar-refractivity contribution in [3.05, 3.63) is 76.5 Å². The van der Waals surface area contributed by atoms with Crippen LogP contribution in [0.3, 0.4) is 0 Å². The highest BCUT2D eigenvalue weighted by Gasteiger charge is 2.41. The Bertz CT molecular complexity index is 1010. The molecule has 0 radical (unpaired) electrons. The number of halogens is 1. The van der Waals surface area contributed by atoms with Crippen molar-refractivity contribution in [3.63, 3.8) is 0 Å². The minimum absolute atomic E-state index is 0.0645. The molecule has 6 heteroatoms. The first-order valence-corrected chi connectivity index (χ1v) is 11.1. The van der Waals surface area contributed by atoms with Crippen LogP contribution in [0.15, 0.2) is 53.9 Å². The van der Waals surface area contributed by atoms with E-state index in [2.05, 4.69) is 36.5 Å². The number of amides is 1. The quantitative estimate of drug-likeness (QED) is 0.626. The summed E-state index contributed by atoms with van der Waals surface area (Å²) in [4.78, 5) is 17.9. The molecule has 4 nitrogen and oxygen atoms in total. The zero-order chi connectivity index (χ0) is 21.0. The van der Waals surface area contributed by atoms with E-state index in [1.54, 1.807) is 17.4 Å². The van der Waals surface area contributed by atoms with E-state index in [1.807, 2.05) is 11.4 Å². The minimum atomic E-state index is -0.741. The van der Waals surface area contributed by atoms with Crippen LogP contribution in [0.25, 0.3) is 10.6 Å². The first kappa shape index (κ1) is 20.7. The Labute approximate surface area is 180 Å². The number of aromatic nitrogens is 1. The second kappa shape index (κ2) is 9.06. The topological polar surface area (TPSA) is 51.2 Å². The molecule has 3 aromatic rings. The highest BCUT2D eigenvalue weighted by Crippen LogP contribution is 2.35. The molecule has 0 saturated carbocycles. The number of thiazole rings is 1. The van der Waals surface area contributed by atoms with Crippen molar-refractivity contribution in [2.24, 2.45) is 0 Å². The Kier molecular flexibility index (Phi) is 6.25. The van der Waals surface area contributed by atoms with Gasteiger partial charge in [0.1, 0.15) is 10.8 Å². The van der Waals surface area contributed by atoms with Crippen LogP contribution in [0.5, 0.6) is 0 Å². The molecule has 2 aromatic carbocycles. The lowest BCUT2D eigenvalue weighted by Crippen LogP contribution is -2.48. The van der Waals surface area contributed by atoms with Crippen LogP contribution in [-0.4, -0.2) is 30.6 Å². The van der Waals surface area contributed by atoms with Crippen molar-refractivity contribution in [1.82, 2.24) is 10.3 Å². The van der Waals surface area contributed by atoms with Crippen LogP contribution >= 0.6 is 11.3 Å². The van der Waals surface area contributed by atoms with Crippen molar-refractivity contribution in [1.29, 1.82) is 0 Å². The maximum absolute atomic E-state index is 13.8. The van der Waals surface area contributed by atoms with E-state index in [-0.39, 0.29) is 11.7 Å². The summed E-state index contributed by atoms with van der Waals surface area (Å²) in [5.41, 5.74) is 3.27. The third kappa shape index (κ3) is 4.45. The van der Waals surface area contributed by atoms with E-state index < -0.39 is 5.41 Å². The third-order valence-electron chi connectivity index (χ3n) is 5.68. The van der Waals surface area contributed by atoms with E-state index in [1.165, 1.54) is 17.7 Å². The van der Waals surface area contributed by atoms with Gasteiger partial charge < -0.3 is 10.1 Å². The first-order chi connectivity index (χ1) is 14.6. The van der Waals surface area contributed by atoms with Gasteiger partial charge in [-0.1, -0.05) is 42.0 Å². The van der Waals surface area contributed by atoms with Gasteiger partial charge in [0.2, 0.25) is 5.91 Å². The zero-order valence-corrected chi connectivity index (χ0v) is 17.8. The van der Waals surface area contributed by atoms with Crippen molar-refractivity contribution < 1.29 is 13.9 Å². The summed E-state index contributed by atoms with van der Waals surface area (Å²) in [5, 5.41) is 6.09. The first-order valence-electron chi connectivity index (χ1n) is 10.2. The number of rotatable bonds is 6. The summed E-state index contributed by atoms with van der Waals surface area (Å²) < 4.78 is 19.3. The average Bonchev–Trinajstić information content (AvgIpc) is 3.23. The number of nitrogens with one attached hydrogen (secondary N) is 1. The van der Waals surface area contributed by atoms with Crippen molar-refractivity contribution >= 4 is 17.2 Å². The van der Waals surface area contributed by atoms with E-state index in [0.717, 1.165) is 21.8 Å². The molecule has 1 aliphatic heterocycles. The Morgan fingerprint density at radius 1 is 1.20 bits per heavy atom. The van der Waals surface area contributed by atoms with Gasteiger partial charge in [0.15, 0.2) is 0 Å². The Hall–Kier alpha value is -2.57. The lowest BCUT2D eigenvalue weighted by molar-refractivity contribution is -0.130. The minimum Gasteiger partial charge on any atom is -0.381 e. The number of ether oxygens (including phenoxy) is 1. The zero-order valence-electron chi connectivity index (χ0n) is 17.0. The molecule has 30 heavy (non-hydrogen) atoms. The van der Waals surface area contributed by atoms with Gasteiger partial charge in [0.25, 0.3) is 0 Å². The number of carbonyl (C=O) groups is 1. The highest BCUT2D eigenvalue weighted by molar-refractivity contribution is 7.13. The van der Waals surface area contributed by atoms with Crippen LogP contribution in [-0.2, 0) is 21.4 Å². The van der Waals surface area contributed by atoms with E-state index in [0.29, 0.717) is 39.0 Å². The monoisotopic (exact) mass is 424 g/mol. The van der Waals surface area contributed by atoms with Crippen LogP contribution in [0.2, 0.25) is 0 Å². The predicted molar refractivity (Wildman–Crippen MR) is 117 cm³/mol. The average molecular weight is 425 g/mol. The smallest absolute Gasteiger partial charge is 0.230 e. The van der Waals surface area contributed by atoms with E-state index in [9.17, 15) is 9.18 Å². The number of hydrogen-bond acceptors (Lipinski definition) is 4. The molecule has 156 valence electrons. The summed E-state index contributed by atoms with van der Waals surface area (Å²) in [5.74, 6) is -0.386. The molecular weight excluding hydrogens is 399 g/mol. The number of benzene rings is 2. The summed E-state index contributed by atoms with van der Waals surface area (Å²) in [6.45, 7) is 3.55. The molecule has 1 fully saturated rings. The number of hydrogen-bond donors (Lipinski definition) is 1. The van der Waals surface area contributed by atoms with Crippen molar-refractivity contribution in [3.8, 4) is 10.6 Å². The molecule has 2 heterocycles. The fourth-order valence-electron chi connectivity index (χ4n) is 3.88. The SMILES string of the molecule is Cc1ccc(-c2nc(CCNC(=O)C3(c4cccc(F)c4)CCOCC3)cs2)cc1. The Morgan fingerprint density at radius 2 is 1.97 bits per heavy atom. The molecule has 1 aliphatic rings. The molecule has 0 spiro atoms. The van der Waals surface area contributed by atoms with Gasteiger partial charge in [0, 0.05) is 37.1 Å². The van der Waals surface area contributed by atoms with Gasteiger partial charge in [-0.05, 0) is 37.5 Å². The molecule has 1 amide bonds. The second-order valence-corrected chi connectivity index (χ2v) is 8.58. The van der Waals surface area contributed by atoms with Crippen LogP contribution in [0, 0.1) is 12.7 Å². The fourth-order valence-corrected chi connectivity index (χ4v) is 4.74. The number of nitrogens with zero attached hydrogens (tertiary/aromatic N) is 1. The lowest BCUT2D eigenvalue weighted by Gasteiger charge is -2.36. The number of aryl methyl sites for hydroxylation is 1. The fraction of sp³-hybridized carbons (Fsp3) is 0.333. The molecule has 1 aromatic heterocycles. The van der Waals surface area contributed by atoms with Gasteiger partial charge >= 0.3 is 0 Å². The molecule has 1 saturated heterocycles. The van der Waals surface area contributed by atoms with Crippen LogP contribution < -0.4 is 5.32 Å². The van der Waals surface area contributed by atoms with Gasteiger partial charge in [-0.15, -0.1) is 11.3 Å². The Morgan fingerprint density at radius 3 is 2.70 bits per heavy atom. The van der Waals surface area contributed by atoms with Crippen molar-refractivity contribution in [2.75, 3.05) is 19.8 Å². The highest BCUT2D eigenvalue weighted by atomic mass is 32.1. The van der Waals surface area contributed by atoms with Crippen LogP contribution in [0.4, 0.5) is 4.39 Å². The second-order valence-electron chi connectivity index (χ2n) is 7.72. The molecule has 1 N–H and O–H groups in total. The summed E-state index contributed by atoms with van der Waals surface area (Å²) >= 11 is 1.61. The van der Waals surface area contributed by atoms with E-state index in [4.69, 9.17) is 9.72 Å². The molecule has 4 rings (SSSR count). The molecule has 0 bridgehead atoms. The summed E-state index contributed by atoms with van der Waals surface area (Å²) in [6, 6.07) is 14.7. The van der Waals surface area contributed by atoms with Gasteiger partial charge in [-0.25, -0.2) is 9.37 Å². The van der Waals surface area contributed by atoms with Gasteiger partial charge in [-0.3, -0.25) is 4.79 Å². The van der Waals surface area contributed by atoms with E-state index >= 15 is 0 Å².